The van der Waals surface area contributed by atoms with Gasteiger partial charge in [-0.3, -0.25) is 0 Å². The fourth-order valence-electron chi connectivity index (χ4n) is 2.22. The average Bonchev–Trinajstić information content (AvgIpc) is 2.93. The molecule has 0 spiro atoms. The Kier molecular flexibility index (Phi) is 48.8. The maximum atomic E-state index is 8.45. The molecule has 0 heterocycles. The Labute approximate surface area is 232 Å². The summed E-state index contributed by atoms with van der Waals surface area (Å²) in [5, 5.41) is 33.8. The van der Waals surface area contributed by atoms with Gasteiger partial charge in [-0.2, -0.15) is 0 Å². The van der Waals surface area contributed by atoms with E-state index in [9.17, 15) is 0 Å². The van der Waals surface area contributed by atoms with E-state index in [-0.39, 0.29) is 31.9 Å². The van der Waals surface area contributed by atoms with Gasteiger partial charge in [0.1, 0.15) is 0 Å². The molecule has 39 heavy (non-hydrogen) atoms. The van der Waals surface area contributed by atoms with E-state index in [2.05, 4.69) is 0 Å². The summed E-state index contributed by atoms with van der Waals surface area (Å²) in [6, 6.07) is 0. The molecule has 0 saturated heterocycles. The molecule has 0 unspecified atom stereocenters. The van der Waals surface area contributed by atoms with Crippen molar-refractivity contribution in [3.05, 3.63) is 0 Å². The first-order chi connectivity index (χ1) is 18.8. The van der Waals surface area contributed by atoms with Crippen LogP contribution in [0, 0.1) is 0 Å². The molecule has 0 aromatic carbocycles. The van der Waals surface area contributed by atoms with Crippen LogP contribution >= 0.6 is 0 Å². The predicted molar refractivity (Wildman–Crippen MR) is 140 cm³/mol. The van der Waals surface area contributed by atoms with Gasteiger partial charge in [-0.1, -0.05) is 0 Å². The average molecular weight is 583 g/mol. The molecular formula is C24H54O15. The van der Waals surface area contributed by atoms with Crippen molar-refractivity contribution >= 4 is 0 Å². The molecule has 6 N–H and O–H groups in total. The molecule has 240 valence electrons. The topological polar surface area (TPSA) is 205 Å². The number of hydrogen-bond acceptors (Lipinski definition) is 14. The smallest absolute Gasteiger partial charge is 0.0701 e. The molecule has 0 saturated carbocycles. The highest BCUT2D eigenvalue weighted by atomic mass is 16.6. The standard InChI is InChI=1S/2C12H26O7.H2O/c2*13-1-3-15-5-7-17-9-11-19-12-10-18-8-6-16-4-2-14;/h2*13-14H,1-12H2;1H2. The molecular weight excluding hydrogens is 528 g/mol. The second-order valence-electron chi connectivity index (χ2n) is 7.02. The van der Waals surface area contributed by atoms with Crippen LogP contribution in [0.15, 0.2) is 0 Å². The minimum absolute atomic E-state index is 0. The fourth-order valence-corrected chi connectivity index (χ4v) is 2.22. The summed E-state index contributed by atoms with van der Waals surface area (Å²) in [5.41, 5.74) is 0. The molecule has 0 fully saturated rings. The Hall–Kier alpha value is -0.600. The molecule has 0 bridgehead atoms. The van der Waals surface area contributed by atoms with E-state index in [4.69, 9.17) is 67.8 Å². The normalized spacial score (nSPS) is 10.8. The zero-order valence-electron chi connectivity index (χ0n) is 23.3. The number of rotatable bonds is 32. The maximum Gasteiger partial charge on any atom is 0.0701 e. The molecule has 0 amide bonds. The molecule has 0 aliphatic heterocycles. The van der Waals surface area contributed by atoms with E-state index in [1.165, 1.54) is 0 Å². The largest absolute Gasteiger partial charge is 0.412 e. The van der Waals surface area contributed by atoms with Crippen molar-refractivity contribution in [1.29, 1.82) is 0 Å². The van der Waals surface area contributed by atoms with Crippen LogP contribution in [0.5, 0.6) is 0 Å². The molecule has 0 rings (SSSR count). The van der Waals surface area contributed by atoms with E-state index >= 15 is 0 Å². The maximum absolute atomic E-state index is 8.45. The van der Waals surface area contributed by atoms with Crippen molar-refractivity contribution < 1.29 is 73.3 Å². The number of aliphatic hydroxyl groups excluding tert-OH is 4. The van der Waals surface area contributed by atoms with E-state index in [1.54, 1.807) is 0 Å². The van der Waals surface area contributed by atoms with E-state index < -0.39 is 0 Å². The lowest BCUT2D eigenvalue weighted by molar-refractivity contribution is -0.0151. The van der Waals surface area contributed by atoms with Gasteiger partial charge in [0, 0.05) is 0 Å². The summed E-state index contributed by atoms with van der Waals surface area (Å²) >= 11 is 0. The number of hydrogen-bond donors (Lipinski definition) is 4. The molecule has 15 heteroatoms. The number of aliphatic hydroxyl groups is 4. The SMILES string of the molecule is O.OCCOCCOCCOCCOCCOCCO.OCCOCCOCCOCCOCCOCCO. The van der Waals surface area contributed by atoms with Gasteiger partial charge in [0.2, 0.25) is 0 Å². The van der Waals surface area contributed by atoms with E-state index in [0.29, 0.717) is 132 Å². The van der Waals surface area contributed by atoms with Crippen LogP contribution in [0.3, 0.4) is 0 Å². The van der Waals surface area contributed by atoms with Crippen molar-refractivity contribution in [3.63, 3.8) is 0 Å². The Balaban J connectivity index is -0.000000648. The van der Waals surface area contributed by atoms with Crippen molar-refractivity contribution in [2.75, 3.05) is 159 Å². The van der Waals surface area contributed by atoms with Crippen LogP contribution in [0.2, 0.25) is 0 Å². The van der Waals surface area contributed by atoms with Crippen LogP contribution in [0.4, 0.5) is 0 Å². The molecule has 0 aliphatic carbocycles. The summed E-state index contributed by atoms with van der Waals surface area (Å²) in [6.07, 6.45) is 0. The van der Waals surface area contributed by atoms with Gasteiger partial charge in [-0.25, -0.2) is 0 Å². The van der Waals surface area contributed by atoms with E-state index in [1.807, 2.05) is 0 Å². The summed E-state index contributed by atoms with van der Waals surface area (Å²) < 4.78 is 51.6. The van der Waals surface area contributed by atoms with Gasteiger partial charge < -0.3 is 73.3 Å². The van der Waals surface area contributed by atoms with Crippen molar-refractivity contribution in [3.8, 4) is 0 Å². The molecule has 15 nitrogen and oxygen atoms in total. The third-order valence-electron chi connectivity index (χ3n) is 3.92. The Morgan fingerprint density at radius 2 is 0.308 bits per heavy atom. The highest BCUT2D eigenvalue weighted by molar-refractivity contribution is 4.37. The van der Waals surface area contributed by atoms with E-state index in [0.717, 1.165) is 0 Å². The van der Waals surface area contributed by atoms with Crippen molar-refractivity contribution in [1.82, 2.24) is 0 Å². The van der Waals surface area contributed by atoms with Gasteiger partial charge in [0.25, 0.3) is 0 Å². The van der Waals surface area contributed by atoms with Gasteiger partial charge in [0.15, 0.2) is 0 Å². The Bertz CT molecular complexity index is 317. The third-order valence-corrected chi connectivity index (χ3v) is 3.92. The molecule has 0 atom stereocenters. The lowest BCUT2D eigenvalue weighted by Crippen LogP contribution is -2.14. The highest BCUT2D eigenvalue weighted by Gasteiger charge is 1.94. The van der Waals surface area contributed by atoms with Gasteiger partial charge in [0.05, 0.1) is 159 Å². The Morgan fingerprint density at radius 1 is 0.205 bits per heavy atom. The first kappa shape index (κ1) is 42.9. The number of ether oxygens (including phenoxy) is 10. The van der Waals surface area contributed by atoms with Gasteiger partial charge >= 0.3 is 0 Å². The molecule has 0 aliphatic rings. The minimum atomic E-state index is 0. The summed E-state index contributed by atoms with van der Waals surface area (Å²) in [7, 11) is 0. The lowest BCUT2D eigenvalue weighted by Gasteiger charge is -2.07. The summed E-state index contributed by atoms with van der Waals surface area (Å²) in [4.78, 5) is 0. The Morgan fingerprint density at radius 3 is 0.410 bits per heavy atom. The second kappa shape index (κ2) is 44.4. The van der Waals surface area contributed by atoms with Crippen molar-refractivity contribution in [2.24, 2.45) is 0 Å². The quantitative estimate of drug-likeness (QED) is 0.0595. The van der Waals surface area contributed by atoms with Crippen LogP contribution in [-0.4, -0.2) is 184 Å². The summed E-state index contributed by atoms with van der Waals surface area (Å²) in [5.74, 6) is 0. The first-order valence-corrected chi connectivity index (χ1v) is 13.0. The second-order valence-corrected chi connectivity index (χ2v) is 7.02. The van der Waals surface area contributed by atoms with Crippen LogP contribution in [0.25, 0.3) is 0 Å². The zero-order chi connectivity index (χ0) is 28.0. The summed E-state index contributed by atoms with van der Waals surface area (Å²) in [6.45, 7) is 9.61. The van der Waals surface area contributed by atoms with Gasteiger partial charge in [-0.05, 0) is 0 Å². The van der Waals surface area contributed by atoms with Crippen LogP contribution < -0.4 is 0 Å². The first-order valence-electron chi connectivity index (χ1n) is 13.0. The highest BCUT2D eigenvalue weighted by Crippen LogP contribution is 1.85. The monoisotopic (exact) mass is 582 g/mol. The zero-order valence-corrected chi connectivity index (χ0v) is 23.3. The minimum Gasteiger partial charge on any atom is -0.412 e. The fraction of sp³-hybridized carbons (Fsp3) is 1.00. The third kappa shape index (κ3) is 47.5. The predicted octanol–water partition coefficient (Wildman–Crippen LogP) is -2.72. The lowest BCUT2D eigenvalue weighted by atomic mass is 10.7. The van der Waals surface area contributed by atoms with Crippen LogP contribution in [-0.2, 0) is 47.4 Å². The van der Waals surface area contributed by atoms with Crippen molar-refractivity contribution in [2.45, 2.75) is 0 Å². The molecule has 0 radical (unpaired) electrons. The van der Waals surface area contributed by atoms with Crippen LogP contribution in [0.1, 0.15) is 0 Å². The molecule has 0 aromatic heterocycles. The van der Waals surface area contributed by atoms with Gasteiger partial charge in [-0.15, -0.1) is 0 Å². The molecule has 0 aromatic rings.